The van der Waals surface area contributed by atoms with Gasteiger partial charge in [0.15, 0.2) is 0 Å². The molecule has 0 radical (unpaired) electrons. The molecule has 17 heavy (non-hydrogen) atoms. The van der Waals surface area contributed by atoms with Crippen LogP contribution in [0.4, 0.5) is 0 Å². The van der Waals surface area contributed by atoms with Gasteiger partial charge < -0.3 is 0 Å². The van der Waals surface area contributed by atoms with Crippen molar-refractivity contribution in [1.82, 2.24) is 9.97 Å². The van der Waals surface area contributed by atoms with Gasteiger partial charge in [0.1, 0.15) is 11.0 Å². The first-order chi connectivity index (χ1) is 8.06. The molecule has 88 valence electrons. The van der Waals surface area contributed by atoms with Crippen LogP contribution in [0.2, 0.25) is 5.15 Å². The molecule has 0 saturated carbocycles. The van der Waals surface area contributed by atoms with Gasteiger partial charge in [-0.2, -0.15) is 0 Å². The van der Waals surface area contributed by atoms with Crippen molar-refractivity contribution < 1.29 is 0 Å². The molecule has 0 aliphatic carbocycles. The molecule has 2 rings (SSSR count). The molecule has 0 aliphatic heterocycles. The summed E-state index contributed by atoms with van der Waals surface area (Å²) < 4.78 is 0.725. The van der Waals surface area contributed by atoms with Gasteiger partial charge in [0.25, 0.3) is 0 Å². The summed E-state index contributed by atoms with van der Waals surface area (Å²) in [6, 6.07) is 6.38. The molecule has 0 spiro atoms. The van der Waals surface area contributed by atoms with E-state index in [4.69, 9.17) is 11.6 Å². The largest absolute Gasteiger partial charge is 0.240 e. The fourth-order valence-corrected chi connectivity index (χ4v) is 1.90. The minimum atomic E-state index is 0.457. The topological polar surface area (TPSA) is 25.8 Å². The van der Waals surface area contributed by atoms with E-state index in [1.54, 1.807) is 6.20 Å². The lowest BCUT2D eigenvalue weighted by Crippen LogP contribution is -1.97. The second-order valence-electron chi connectivity index (χ2n) is 4.02. The van der Waals surface area contributed by atoms with E-state index in [9.17, 15) is 0 Å². The van der Waals surface area contributed by atoms with E-state index in [1.807, 2.05) is 0 Å². The predicted molar refractivity (Wildman–Crippen MR) is 73.5 cm³/mol. The van der Waals surface area contributed by atoms with Crippen molar-refractivity contribution in [2.75, 3.05) is 0 Å². The van der Waals surface area contributed by atoms with Gasteiger partial charge in [-0.25, -0.2) is 9.97 Å². The van der Waals surface area contributed by atoms with E-state index in [0.717, 1.165) is 10.3 Å². The SMILES string of the molecule is Cc1ccc(Cc2ncc(Br)c(Cl)n2)cc1C. The van der Waals surface area contributed by atoms with E-state index >= 15 is 0 Å². The number of aromatic nitrogens is 2. The van der Waals surface area contributed by atoms with Crippen molar-refractivity contribution in [3.63, 3.8) is 0 Å². The van der Waals surface area contributed by atoms with Crippen LogP contribution in [0.1, 0.15) is 22.5 Å². The number of hydrogen-bond acceptors (Lipinski definition) is 2. The number of nitrogens with zero attached hydrogens (tertiary/aromatic N) is 2. The third kappa shape index (κ3) is 3.05. The number of benzene rings is 1. The molecular weight excluding hydrogens is 300 g/mol. The van der Waals surface area contributed by atoms with Crippen molar-refractivity contribution in [3.05, 3.63) is 56.5 Å². The molecule has 2 nitrogen and oxygen atoms in total. The Morgan fingerprint density at radius 2 is 2.00 bits per heavy atom. The Morgan fingerprint density at radius 1 is 1.24 bits per heavy atom. The molecule has 0 bridgehead atoms. The van der Waals surface area contributed by atoms with E-state index in [2.05, 4.69) is 57.9 Å². The fourth-order valence-electron chi connectivity index (χ4n) is 1.56. The zero-order valence-electron chi connectivity index (χ0n) is 9.67. The summed E-state index contributed by atoms with van der Waals surface area (Å²) in [5, 5.41) is 0.457. The number of aryl methyl sites for hydroxylation is 2. The molecule has 0 aliphatic rings. The number of rotatable bonds is 2. The Labute approximate surface area is 114 Å². The summed E-state index contributed by atoms with van der Waals surface area (Å²) >= 11 is 9.22. The van der Waals surface area contributed by atoms with Crippen LogP contribution in [0.3, 0.4) is 0 Å². The first kappa shape index (κ1) is 12.5. The molecule has 0 saturated heterocycles. The lowest BCUT2D eigenvalue weighted by Gasteiger charge is -2.05. The molecular formula is C13H12BrClN2. The highest BCUT2D eigenvalue weighted by Crippen LogP contribution is 2.19. The van der Waals surface area contributed by atoms with Crippen molar-refractivity contribution in [3.8, 4) is 0 Å². The van der Waals surface area contributed by atoms with Crippen LogP contribution in [0, 0.1) is 13.8 Å². The minimum absolute atomic E-state index is 0.457. The third-order valence-corrected chi connectivity index (χ3v) is 3.78. The molecule has 1 aromatic heterocycles. The predicted octanol–water partition coefficient (Wildman–Crippen LogP) is 4.10. The summed E-state index contributed by atoms with van der Waals surface area (Å²) in [4.78, 5) is 8.47. The highest BCUT2D eigenvalue weighted by atomic mass is 79.9. The lowest BCUT2D eigenvalue weighted by molar-refractivity contribution is 0.960. The highest BCUT2D eigenvalue weighted by molar-refractivity contribution is 9.10. The average molecular weight is 312 g/mol. The van der Waals surface area contributed by atoms with Crippen molar-refractivity contribution in [2.24, 2.45) is 0 Å². The Kier molecular flexibility index (Phi) is 3.79. The summed E-state index contributed by atoms with van der Waals surface area (Å²) in [5.74, 6) is 0.737. The second kappa shape index (κ2) is 5.15. The highest BCUT2D eigenvalue weighted by Gasteiger charge is 2.04. The number of hydrogen-bond donors (Lipinski definition) is 0. The van der Waals surface area contributed by atoms with Crippen LogP contribution in [-0.2, 0) is 6.42 Å². The first-order valence-corrected chi connectivity index (χ1v) is 6.46. The molecule has 1 heterocycles. The molecule has 0 atom stereocenters. The molecule has 0 N–H and O–H groups in total. The standard InChI is InChI=1S/C13H12BrClN2/c1-8-3-4-10(5-9(8)2)6-12-16-7-11(14)13(15)17-12/h3-5,7H,6H2,1-2H3. The Bertz CT molecular complexity index is 506. The van der Waals surface area contributed by atoms with Gasteiger partial charge in [-0.05, 0) is 46.5 Å². The van der Waals surface area contributed by atoms with E-state index in [0.29, 0.717) is 11.6 Å². The third-order valence-electron chi connectivity index (χ3n) is 2.68. The molecule has 4 heteroatoms. The maximum atomic E-state index is 5.94. The molecule has 0 fully saturated rings. The van der Waals surface area contributed by atoms with E-state index in [-0.39, 0.29) is 0 Å². The molecule has 1 aromatic carbocycles. The van der Waals surface area contributed by atoms with Gasteiger partial charge in [0, 0.05) is 12.6 Å². The Morgan fingerprint density at radius 3 is 2.65 bits per heavy atom. The molecule has 0 unspecified atom stereocenters. The van der Waals surface area contributed by atoms with Crippen LogP contribution < -0.4 is 0 Å². The normalized spacial score (nSPS) is 10.6. The van der Waals surface area contributed by atoms with Crippen LogP contribution in [-0.4, -0.2) is 9.97 Å². The van der Waals surface area contributed by atoms with Crippen LogP contribution in [0.5, 0.6) is 0 Å². The Balaban J connectivity index is 2.25. The maximum Gasteiger partial charge on any atom is 0.146 e. The van der Waals surface area contributed by atoms with E-state index in [1.165, 1.54) is 16.7 Å². The maximum absolute atomic E-state index is 5.94. The van der Waals surface area contributed by atoms with Crippen molar-refractivity contribution >= 4 is 27.5 Å². The van der Waals surface area contributed by atoms with Crippen LogP contribution in [0.25, 0.3) is 0 Å². The number of halogens is 2. The van der Waals surface area contributed by atoms with Gasteiger partial charge in [0.2, 0.25) is 0 Å². The first-order valence-electron chi connectivity index (χ1n) is 5.29. The van der Waals surface area contributed by atoms with Gasteiger partial charge >= 0.3 is 0 Å². The lowest BCUT2D eigenvalue weighted by atomic mass is 10.0. The average Bonchev–Trinajstić information content (AvgIpc) is 2.29. The quantitative estimate of drug-likeness (QED) is 0.780. The van der Waals surface area contributed by atoms with Crippen LogP contribution in [0.15, 0.2) is 28.9 Å². The zero-order valence-corrected chi connectivity index (χ0v) is 12.0. The van der Waals surface area contributed by atoms with Crippen molar-refractivity contribution in [2.45, 2.75) is 20.3 Å². The van der Waals surface area contributed by atoms with Gasteiger partial charge in [-0.3, -0.25) is 0 Å². The Hall–Kier alpha value is -0.930. The van der Waals surface area contributed by atoms with Crippen molar-refractivity contribution in [1.29, 1.82) is 0 Å². The molecule has 2 aromatic rings. The summed E-state index contributed by atoms with van der Waals surface area (Å²) in [6.07, 6.45) is 2.39. The fraction of sp³-hybridized carbons (Fsp3) is 0.231. The zero-order chi connectivity index (χ0) is 12.4. The molecule has 0 amide bonds. The monoisotopic (exact) mass is 310 g/mol. The second-order valence-corrected chi connectivity index (χ2v) is 5.23. The van der Waals surface area contributed by atoms with E-state index < -0.39 is 0 Å². The smallest absolute Gasteiger partial charge is 0.146 e. The van der Waals surface area contributed by atoms with Gasteiger partial charge in [0.05, 0.1) is 4.47 Å². The van der Waals surface area contributed by atoms with Crippen LogP contribution >= 0.6 is 27.5 Å². The summed E-state index contributed by atoms with van der Waals surface area (Å²) in [5.41, 5.74) is 3.78. The summed E-state index contributed by atoms with van der Waals surface area (Å²) in [7, 11) is 0. The van der Waals surface area contributed by atoms with Gasteiger partial charge in [-0.1, -0.05) is 29.8 Å². The van der Waals surface area contributed by atoms with Gasteiger partial charge in [-0.15, -0.1) is 0 Å². The minimum Gasteiger partial charge on any atom is -0.240 e. The summed E-state index contributed by atoms with van der Waals surface area (Å²) in [6.45, 7) is 4.21.